The summed E-state index contributed by atoms with van der Waals surface area (Å²) in [7, 11) is 0. The Kier molecular flexibility index (Phi) is 1.74. The first kappa shape index (κ1) is 8.81. The summed E-state index contributed by atoms with van der Waals surface area (Å²) in [5.41, 5.74) is 7.61. The molecule has 1 aromatic carbocycles. The van der Waals surface area contributed by atoms with Gasteiger partial charge in [-0.1, -0.05) is 18.2 Å². The van der Waals surface area contributed by atoms with Crippen molar-refractivity contribution in [3.8, 4) is 0 Å². The van der Waals surface area contributed by atoms with E-state index in [2.05, 4.69) is 43.0 Å². The van der Waals surface area contributed by atoms with Gasteiger partial charge in [0.25, 0.3) is 0 Å². The van der Waals surface area contributed by atoms with Crippen LogP contribution in [0.3, 0.4) is 0 Å². The second-order valence-corrected chi connectivity index (χ2v) is 6.00. The number of thioether (sulfide) groups is 1. The van der Waals surface area contributed by atoms with Gasteiger partial charge in [0.15, 0.2) is 0 Å². The number of rotatable bonds is 1. The van der Waals surface area contributed by atoms with E-state index in [9.17, 15) is 0 Å². The van der Waals surface area contributed by atoms with Crippen LogP contribution in [0, 0.1) is 0 Å². The highest BCUT2D eigenvalue weighted by Gasteiger charge is 2.56. The predicted octanol–water partition coefficient (Wildman–Crippen LogP) is 2.76. The lowest BCUT2D eigenvalue weighted by Crippen LogP contribution is -2.30. The van der Waals surface area contributed by atoms with Gasteiger partial charge < -0.3 is 5.73 Å². The van der Waals surface area contributed by atoms with Crippen LogP contribution in [-0.4, -0.2) is 10.8 Å². The largest absolute Gasteiger partial charge is 0.327 e. The topological polar surface area (TPSA) is 26.0 Å². The van der Waals surface area contributed by atoms with E-state index in [1.807, 2.05) is 0 Å². The molecule has 2 aliphatic rings. The molecule has 14 heavy (non-hydrogen) atoms. The number of hydrogen-bond acceptors (Lipinski definition) is 2. The Morgan fingerprint density at radius 1 is 1.43 bits per heavy atom. The Labute approximate surface area is 89.1 Å². The summed E-state index contributed by atoms with van der Waals surface area (Å²) in [5.74, 6) is 0.587. The number of hydrogen-bond donors (Lipinski definition) is 1. The maximum absolute atomic E-state index is 6.11. The second kappa shape index (κ2) is 2.77. The molecule has 0 bridgehead atoms. The van der Waals surface area contributed by atoms with E-state index < -0.39 is 0 Å². The van der Waals surface area contributed by atoms with Crippen LogP contribution in [0.1, 0.15) is 31.2 Å². The highest BCUT2D eigenvalue weighted by molar-refractivity contribution is 8.01. The molecule has 1 aliphatic heterocycles. The lowest BCUT2D eigenvalue weighted by atomic mass is 9.88. The van der Waals surface area contributed by atoms with E-state index in [-0.39, 0.29) is 6.04 Å². The van der Waals surface area contributed by atoms with Crippen LogP contribution in [0.2, 0.25) is 0 Å². The summed E-state index contributed by atoms with van der Waals surface area (Å²) in [6.07, 6.45) is 2.69. The fourth-order valence-corrected chi connectivity index (χ4v) is 4.37. The van der Waals surface area contributed by atoms with Gasteiger partial charge >= 0.3 is 0 Å². The van der Waals surface area contributed by atoms with Crippen LogP contribution in [0.5, 0.6) is 0 Å². The van der Waals surface area contributed by atoms with Gasteiger partial charge in [-0.3, -0.25) is 0 Å². The molecule has 0 amide bonds. The molecule has 1 aliphatic carbocycles. The highest BCUT2D eigenvalue weighted by Crippen LogP contribution is 2.66. The van der Waals surface area contributed by atoms with Crippen molar-refractivity contribution < 1.29 is 0 Å². The van der Waals surface area contributed by atoms with Gasteiger partial charge in [-0.05, 0) is 31.4 Å². The van der Waals surface area contributed by atoms with Crippen LogP contribution in [0.25, 0.3) is 0 Å². The van der Waals surface area contributed by atoms with E-state index in [1.54, 1.807) is 0 Å². The molecule has 2 heteroatoms. The Bertz CT molecular complexity index is 368. The molecule has 3 rings (SSSR count). The van der Waals surface area contributed by atoms with E-state index in [1.165, 1.54) is 23.3 Å². The SMILES string of the molecule is CC(N)C1c2ccccc2SC12CC2. The van der Waals surface area contributed by atoms with Crippen molar-refractivity contribution in [3.63, 3.8) is 0 Å². The molecule has 0 saturated heterocycles. The second-order valence-electron chi connectivity index (χ2n) is 4.54. The molecule has 0 radical (unpaired) electrons. The average molecular weight is 205 g/mol. The van der Waals surface area contributed by atoms with Crippen molar-refractivity contribution in [2.24, 2.45) is 5.73 Å². The third-order valence-corrected chi connectivity index (χ3v) is 5.06. The first-order chi connectivity index (χ1) is 6.73. The zero-order chi connectivity index (χ0) is 9.76. The molecular formula is C12H15NS. The third-order valence-electron chi connectivity index (χ3n) is 3.40. The first-order valence-corrected chi connectivity index (χ1v) is 6.08. The smallest absolute Gasteiger partial charge is 0.0292 e. The Morgan fingerprint density at radius 2 is 2.14 bits per heavy atom. The zero-order valence-corrected chi connectivity index (χ0v) is 9.18. The number of benzene rings is 1. The van der Waals surface area contributed by atoms with Crippen molar-refractivity contribution in [3.05, 3.63) is 29.8 Å². The molecule has 1 nitrogen and oxygen atoms in total. The van der Waals surface area contributed by atoms with Gasteiger partial charge in [0.2, 0.25) is 0 Å². The molecular weight excluding hydrogens is 190 g/mol. The van der Waals surface area contributed by atoms with Crippen molar-refractivity contribution in [1.82, 2.24) is 0 Å². The third kappa shape index (κ3) is 1.07. The molecule has 2 unspecified atom stereocenters. The quantitative estimate of drug-likeness (QED) is 0.763. The van der Waals surface area contributed by atoms with Crippen LogP contribution in [0.15, 0.2) is 29.2 Å². The van der Waals surface area contributed by atoms with Crippen LogP contribution < -0.4 is 5.73 Å². The van der Waals surface area contributed by atoms with Gasteiger partial charge in [0.05, 0.1) is 0 Å². The molecule has 74 valence electrons. The molecule has 2 atom stereocenters. The molecule has 1 aromatic rings. The predicted molar refractivity (Wildman–Crippen MR) is 60.7 cm³/mol. The maximum atomic E-state index is 6.11. The Balaban J connectivity index is 2.09. The zero-order valence-electron chi connectivity index (χ0n) is 8.36. The van der Waals surface area contributed by atoms with Gasteiger partial charge in [-0.2, -0.15) is 0 Å². The Morgan fingerprint density at radius 3 is 2.79 bits per heavy atom. The summed E-state index contributed by atoms with van der Waals surface area (Å²) < 4.78 is 0.484. The van der Waals surface area contributed by atoms with Crippen molar-refractivity contribution in [2.45, 2.75) is 41.4 Å². The minimum Gasteiger partial charge on any atom is -0.327 e. The molecule has 1 spiro atoms. The van der Waals surface area contributed by atoms with Crippen LogP contribution >= 0.6 is 11.8 Å². The lowest BCUT2D eigenvalue weighted by Gasteiger charge is -2.22. The van der Waals surface area contributed by atoms with E-state index in [0.717, 1.165) is 0 Å². The van der Waals surface area contributed by atoms with E-state index in [4.69, 9.17) is 5.73 Å². The van der Waals surface area contributed by atoms with Crippen LogP contribution in [-0.2, 0) is 0 Å². The molecule has 1 saturated carbocycles. The van der Waals surface area contributed by atoms with Crippen molar-refractivity contribution in [1.29, 1.82) is 0 Å². The first-order valence-electron chi connectivity index (χ1n) is 5.26. The van der Waals surface area contributed by atoms with Gasteiger partial charge in [-0.25, -0.2) is 0 Å². The standard InChI is InChI=1S/C12H15NS/c1-8(13)11-9-4-2-3-5-10(9)14-12(11)6-7-12/h2-5,8,11H,6-7,13H2,1H3. The van der Waals surface area contributed by atoms with Gasteiger partial charge in [0.1, 0.15) is 0 Å². The van der Waals surface area contributed by atoms with Crippen molar-refractivity contribution in [2.75, 3.05) is 0 Å². The fraction of sp³-hybridized carbons (Fsp3) is 0.500. The van der Waals surface area contributed by atoms with E-state index in [0.29, 0.717) is 10.7 Å². The maximum Gasteiger partial charge on any atom is 0.0292 e. The molecule has 1 heterocycles. The summed E-state index contributed by atoms with van der Waals surface area (Å²) in [5, 5.41) is 0. The van der Waals surface area contributed by atoms with Gasteiger partial charge in [0, 0.05) is 21.6 Å². The number of fused-ring (bicyclic) bond motifs is 1. The number of nitrogens with two attached hydrogens (primary N) is 1. The molecule has 2 N–H and O–H groups in total. The van der Waals surface area contributed by atoms with Crippen molar-refractivity contribution >= 4 is 11.8 Å². The highest BCUT2D eigenvalue weighted by atomic mass is 32.2. The minimum absolute atomic E-state index is 0.286. The fourth-order valence-electron chi connectivity index (χ4n) is 2.69. The molecule has 0 aromatic heterocycles. The average Bonchev–Trinajstić information content (AvgIpc) is 2.81. The minimum atomic E-state index is 0.286. The lowest BCUT2D eigenvalue weighted by molar-refractivity contribution is 0.544. The summed E-state index contributed by atoms with van der Waals surface area (Å²) in [4.78, 5) is 1.47. The summed E-state index contributed by atoms with van der Waals surface area (Å²) >= 11 is 2.06. The van der Waals surface area contributed by atoms with E-state index >= 15 is 0 Å². The summed E-state index contributed by atoms with van der Waals surface area (Å²) in [6.45, 7) is 2.15. The normalized spacial score (nSPS) is 28.9. The Hall–Kier alpha value is -0.470. The molecule has 1 fully saturated rings. The van der Waals surface area contributed by atoms with Gasteiger partial charge in [-0.15, -0.1) is 11.8 Å². The monoisotopic (exact) mass is 205 g/mol. The summed E-state index contributed by atoms with van der Waals surface area (Å²) in [6, 6.07) is 9.04. The van der Waals surface area contributed by atoms with Crippen LogP contribution in [0.4, 0.5) is 0 Å².